The summed E-state index contributed by atoms with van der Waals surface area (Å²) in [6.07, 6.45) is 0. The van der Waals surface area contributed by atoms with Gasteiger partial charge in [0.05, 0.1) is 12.5 Å². The monoisotopic (exact) mass is 244 g/mol. The SMILES string of the molecule is COc1ccc(C(Cl)C(C)C(C)C)cc1F. The van der Waals surface area contributed by atoms with E-state index in [2.05, 4.69) is 20.8 Å². The van der Waals surface area contributed by atoms with E-state index in [1.165, 1.54) is 13.2 Å². The van der Waals surface area contributed by atoms with Crippen molar-refractivity contribution in [1.82, 2.24) is 0 Å². The highest BCUT2D eigenvalue weighted by atomic mass is 35.5. The van der Waals surface area contributed by atoms with Crippen LogP contribution in [-0.4, -0.2) is 7.11 Å². The minimum atomic E-state index is -0.360. The van der Waals surface area contributed by atoms with E-state index in [0.717, 1.165) is 5.56 Å². The van der Waals surface area contributed by atoms with Crippen molar-refractivity contribution in [2.75, 3.05) is 7.11 Å². The molecule has 0 aromatic heterocycles. The Hall–Kier alpha value is -0.760. The summed E-state index contributed by atoms with van der Waals surface area (Å²) in [5.41, 5.74) is 0.807. The zero-order valence-electron chi connectivity index (χ0n) is 10.1. The second-order valence-corrected chi connectivity index (χ2v) is 4.87. The zero-order valence-corrected chi connectivity index (χ0v) is 10.9. The molecule has 0 bridgehead atoms. The molecular formula is C13H18ClFO. The summed E-state index contributed by atoms with van der Waals surface area (Å²) in [7, 11) is 1.45. The second kappa shape index (κ2) is 5.53. The highest BCUT2D eigenvalue weighted by molar-refractivity contribution is 6.21. The van der Waals surface area contributed by atoms with Crippen molar-refractivity contribution in [1.29, 1.82) is 0 Å². The maximum absolute atomic E-state index is 13.5. The van der Waals surface area contributed by atoms with Gasteiger partial charge in [0.15, 0.2) is 11.6 Å². The first-order valence-electron chi connectivity index (χ1n) is 5.44. The number of benzene rings is 1. The van der Waals surface area contributed by atoms with Crippen LogP contribution in [-0.2, 0) is 0 Å². The number of ether oxygens (including phenoxy) is 1. The lowest BCUT2D eigenvalue weighted by molar-refractivity contribution is 0.383. The van der Waals surface area contributed by atoms with Crippen LogP contribution >= 0.6 is 11.6 Å². The number of methoxy groups -OCH3 is 1. The van der Waals surface area contributed by atoms with Crippen LogP contribution in [0.15, 0.2) is 18.2 Å². The topological polar surface area (TPSA) is 9.23 Å². The van der Waals surface area contributed by atoms with Gasteiger partial charge in [0.2, 0.25) is 0 Å². The van der Waals surface area contributed by atoms with E-state index < -0.39 is 0 Å². The van der Waals surface area contributed by atoms with Gasteiger partial charge in [-0.05, 0) is 29.5 Å². The summed E-state index contributed by atoms with van der Waals surface area (Å²) in [6, 6.07) is 4.89. The second-order valence-electron chi connectivity index (χ2n) is 4.40. The van der Waals surface area contributed by atoms with Crippen molar-refractivity contribution in [2.24, 2.45) is 11.8 Å². The van der Waals surface area contributed by atoms with Crippen molar-refractivity contribution >= 4 is 11.6 Å². The van der Waals surface area contributed by atoms with Crippen LogP contribution in [0.5, 0.6) is 5.75 Å². The molecule has 1 nitrogen and oxygen atoms in total. The Kier molecular flexibility index (Phi) is 4.60. The summed E-state index contributed by atoms with van der Waals surface area (Å²) in [4.78, 5) is 0. The first kappa shape index (κ1) is 13.3. The van der Waals surface area contributed by atoms with Gasteiger partial charge in [0.25, 0.3) is 0 Å². The largest absolute Gasteiger partial charge is 0.494 e. The summed E-state index contributed by atoms with van der Waals surface area (Å²) in [5.74, 6) is 0.661. The van der Waals surface area contributed by atoms with Crippen LogP contribution < -0.4 is 4.74 Å². The maximum atomic E-state index is 13.5. The fraction of sp³-hybridized carbons (Fsp3) is 0.538. The third kappa shape index (κ3) is 2.88. The van der Waals surface area contributed by atoms with Gasteiger partial charge in [-0.15, -0.1) is 11.6 Å². The molecule has 0 radical (unpaired) electrons. The number of hydrogen-bond acceptors (Lipinski definition) is 1. The fourth-order valence-electron chi connectivity index (χ4n) is 1.50. The quantitative estimate of drug-likeness (QED) is 0.713. The highest BCUT2D eigenvalue weighted by Crippen LogP contribution is 2.34. The Bertz CT molecular complexity index is 352. The highest BCUT2D eigenvalue weighted by Gasteiger charge is 2.20. The number of halogens is 2. The molecular weight excluding hydrogens is 227 g/mol. The van der Waals surface area contributed by atoms with Crippen LogP contribution in [0, 0.1) is 17.7 Å². The predicted octanol–water partition coefficient (Wildman–Crippen LogP) is 4.41. The molecule has 0 aliphatic heterocycles. The average Bonchev–Trinajstić information content (AvgIpc) is 2.26. The molecule has 0 aliphatic rings. The van der Waals surface area contributed by atoms with Crippen molar-refractivity contribution in [2.45, 2.75) is 26.1 Å². The van der Waals surface area contributed by atoms with Crippen LogP contribution in [0.2, 0.25) is 0 Å². The van der Waals surface area contributed by atoms with E-state index in [1.54, 1.807) is 6.07 Å². The first-order chi connectivity index (χ1) is 7.47. The van der Waals surface area contributed by atoms with Gasteiger partial charge in [0.1, 0.15) is 0 Å². The van der Waals surface area contributed by atoms with E-state index in [0.29, 0.717) is 11.8 Å². The summed E-state index contributed by atoms with van der Waals surface area (Å²) < 4.78 is 18.4. The number of alkyl halides is 1. The predicted molar refractivity (Wildman–Crippen MR) is 65.5 cm³/mol. The van der Waals surface area contributed by atoms with Gasteiger partial charge < -0.3 is 4.74 Å². The van der Waals surface area contributed by atoms with Crippen LogP contribution in [0.25, 0.3) is 0 Å². The van der Waals surface area contributed by atoms with Crippen molar-refractivity contribution in [3.63, 3.8) is 0 Å². The summed E-state index contributed by atoms with van der Waals surface area (Å²) >= 11 is 6.31. The molecule has 0 amide bonds. The van der Waals surface area contributed by atoms with Crippen LogP contribution in [0.1, 0.15) is 31.7 Å². The lowest BCUT2D eigenvalue weighted by atomic mass is 9.90. The summed E-state index contributed by atoms with van der Waals surface area (Å²) in [5, 5.41) is -0.166. The van der Waals surface area contributed by atoms with Gasteiger partial charge in [-0.1, -0.05) is 26.8 Å². The molecule has 3 heteroatoms. The van der Waals surface area contributed by atoms with E-state index >= 15 is 0 Å². The van der Waals surface area contributed by atoms with Crippen LogP contribution in [0.4, 0.5) is 4.39 Å². The molecule has 0 aliphatic carbocycles. The minimum Gasteiger partial charge on any atom is -0.494 e. The minimum absolute atomic E-state index is 0.166. The lowest BCUT2D eigenvalue weighted by Crippen LogP contribution is -2.11. The zero-order chi connectivity index (χ0) is 12.3. The molecule has 0 N–H and O–H groups in total. The third-order valence-electron chi connectivity index (χ3n) is 3.01. The van der Waals surface area contributed by atoms with E-state index in [4.69, 9.17) is 16.3 Å². The summed E-state index contributed by atoms with van der Waals surface area (Å²) in [6.45, 7) is 6.30. The maximum Gasteiger partial charge on any atom is 0.165 e. The molecule has 0 saturated carbocycles. The molecule has 0 heterocycles. The van der Waals surface area contributed by atoms with Crippen LogP contribution in [0.3, 0.4) is 0 Å². The molecule has 0 fully saturated rings. The van der Waals surface area contributed by atoms with E-state index in [1.807, 2.05) is 6.07 Å². The Morgan fingerprint density at radius 2 is 1.88 bits per heavy atom. The molecule has 0 saturated heterocycles. The van der Waals surface area contributed by atoms with Gasteiger partial charge in [0, 0.05) is 0 Å². The Labute approximate surface area is 102 Å². The Morgan fingerprint density at radius 1 is 1.25 bits per heavy atom. The normalized spacial score (nSPS) is 14.9. The van der Waals surface area contributed by atoms with Crippen molar-refractivity contribution in [3.8, 4) is 5.75 Å². The molecule has 0 spiro atoms. The number of rotatable bonds is 4. The van der Waals surface area contributed by atoms with Gasteiger partial charge >= 0.3 is 0 Å². The van der Waals surface area contributed by atoms with Gasteiger partial charge in [-0.2, -0.15) is 0 Å². The Morgan fingerprint density at radius 3 is 2.31 bits per heavy atom. The molecule has 16 heavy (non-hydrogen) atoms. The molecule has 2 atom stereocenters. The standard InChI is InChI=1S/C13H18ClFO/c1-8(2)9(3)13(14)10-5-6-12(16-4)11(15)7-10/h5-9,13H,1-4H3. The molecule has 2 unspecified atom stereocenters. The molecule has 1 aromatic carbocycles. The lowest BCUT2D eigenvalue weighted by Gasteiger charge is -2.22. The average molecular weight is 245 g/mol. The van der Waals surface area contributed by atoms with Gasteiger partial charge in [-0.3, -0.25) is 0 Å². The Balaban J connectivity index is 2.92. The molecule has 1 aromatic rings. The van der Waals surface area contributed by atoms with Gasteiger partial charge in [-0.25, -0.2) is 4.39 Å². The van der Waals surface area contributed by atoms with E-state index in [-0.39, 0.29) is 16.9 Å². The smallest absolute Gasteiger partial charge is 0.165 e. The fourth-order valence-corrected chi connectivity index (χ4v) is 1.92. The van der Waals surface area contributed by atoms with Crippen molar-refractivity contribution < 1.29 is 9.13 Å². The van der Waals surface area contributed by atoms with E-state index in [9.17, 15) is 4.39 Å². The number of hydrogen-bond donors (Lipinski definition) is 0. The molecule has 90 valence electrons. The first-order valence-corrected chi connectivity index (χ1v) is 5.88. The third-order valence-corrected chi connectivity index (χ3v) is 3.66. The molecule has 1 rings (SSSR count). The van der Waals surface area contributed by atoms with Crippen molar-refractivity contribution in [3.05, 3.63) is 29.6 Å².